The third kappa shape index (κ3) is 4.12. The number of nitrogens with one attached hydrogen (secondary N) is 1. The smallest absolute Gasteiger partial charge is 0.339 e. The number of aromatic carboxylic acids is 1. The molecule has 0 saturated carbocycles. The average molecular weight is 470 g/mol. The maximum absolute atomic E-state index is 13.1. The number of fused-ring (bicyclic) bond motifs is 1. The van der Waals surface area contributed by atoms with E-state index in [1.807, 2.05) is 38.1 Å². The van der Waals surface area contributed by atoms with Crippen molar-refractivity contribution < 1.29 is 9.90 Å². The van der Waals surface area contributed by atoms with Crippen LogP contribution in [0, 0.1) is 6.92 Å². The molecule has 1 aliphatic heterocycles. The average Bonchev–Trinajstić information content (AvgIpc) is 2.82. The Morgan fingerprint density at radius 1 is 1.14 bits per heavy atom. The number of rotatable bonds is 6. The van der Waals surface area contributed by atoms with E-state index in [0.717, 1.165) is 24.2 Å². The Morgan fingerprint density at radius 3 is 2.60 bits per heavy atom. The second-order valence-corrected chi connectivity index (χ2v) is 9.47. The van der Waals surface area contributed by atoms with Gasteiger partial charge in [0, 0.05) is 42.5 Å². The molecule has 0 spiro atoms. The normalized spacial score (nSPS) is 15.5. The second kappa shape index (κ2) is 8.54. The molecular weight excluding hydrogens is 442 g/mol. The lowest BCUT2D eigenvalue weighted by Gasteiger charge is -2.49. The van der Waals surface area contributed by atoms with Gasteiger partial charge in [-0.3, -0.25) is 9.20 Å². The van der Waals surface area contributed by atoms with Gasteiger partial charge in [-0.25, -0.2) is 14.8 Å². The number of aryl methyl sites for hydroxylation is 1. The SMILES string of the molecule is Cc1cc(C(C)Nc2ncccc2C(=O)O)c2nc(N3CC(C)(c4ccccc4)C3)cc(=O)n2c1. The van der Waals surface area contributed by atoms with Crippen molar-refractivity contribution in [1.29, 1.82) is 0 Å². The third-order valence-electron chi connectivity index (χ3n) is 6.64. The Bertz CT molecular complexity index is 1480. The van der Waals surface area contributed by atoms with Crippen molar-refractivity contribution in [2.24, 2.45) is 0 Å². The van der Waals surface area contributed by atoms with Gasteiger partial charge in [-0.1, -0.05) is 37.3 Å². The first kappa shape index (κ1) is 22.6. The highest BCUT2D eigenvalue weighted by Gasteiger charge is 2.41. The summed E-state index contributed by atoms with van der Waals surface area (Å²) in [6, 6.07) is 16.7. The van der Waals surface area contributed by atoms with E-state index in [9.17, 15) is 14.7 Å². The molecule has 4 aromatic rings. The summed E-state index contributed by atoms with van der Waals surface area (Å²) in [5.74, 6) is -0.144. The van der Waals surface area contributed by atoms with E-state index in [0.29, 0.717) is 11.5 Å². The molecule has 1 aromatic carbocycles. The van der Waals surface area contributed by atoms with Crippen molar-refractivity contribution in [2.45, 2.75) is 32.2 Å². The Kier molecular flexibility index (Phi) is 5.51. The maximum atomic E-state index is 13.1. The molecule has 4 heterocycles. The molecule has 1 saturated heterocycles. The van der Waals surface area contributed by atoms with E-state index in [2.05, 4.69) is 34.3 Å². The van der Waals surface area contributed by atoms with Crippen LogP contribution in [0.4, 0.5) is 11.6 Å². The highest BCUT2D eigenvalue weighted by Crippen LogP contribution is 2.36. The molecule has 8 nitrogen and oxygen atoms in total. The number of hydrogen-bond donors (Lipinski definition) is 2. The molecule has 1 unspecified atom stereocenters. The van der Waals surface area contributed by atoms with Gasteiger partial charge in [0.25, 0.3) is 5.56 Å². The van der Waals surface area contributed by atoms with E-state index in [1.165, 1.54) is 11.6 Å². The van der Waals surface area contributed by atoms with Crippen molar-refractivity contribution in [3.63, 3.8) is 0 Å². The molecule has 35 heavy (non-hydrogen) atoms. The van der Waals surface area contributed by atoms with Crippen molar-refractivity contribution in [3.8, 4) is 0 Å². The minimum absolute atomic E-state index is 0.00521. The molecule has 3 aromatic heterocycles. The largest absolute Gasteiger partial charge is 0.478 e. The van der Waals surface area contributed by atoms with Gasteiger partial charge in [0.2, 0.25) is 0 Å². The van der Waals surface area contributed by atoms with Crippen LogP contribution in [0.15, 0.2) is 71.8 Å². The van der Waals surface area contributed by atoms with E-state index in [4.69, 9.17) is 4.98 Å². The zero-order chi connectivity index (χ0) is 24.7. The lowest BCUT2D eigenvalue weighted by Crippen LogP contribution is -2.58. The number of benzene rings is 1. The highest BCUT2D eigenvalue weighted by molar-refractivity contribution is 5.93. The Morgan fingerprint density at radius 2 is 1.89 bits per heavy atom. The number of aromatic nitrogens is 3. The first-order valence-electron chi connectivity index (χ1n) is 11.5. The molecule has 5 rings (SSSR count). The Balaban J connectivity index is 1.50. The predicted octanol–water partition coefficient (Wildman–Crippen LogP) is 4.05. The van der Waals surface area contributed by atoms with E-state index in [-0.39, 0.29) is 28.4 Å². The van der Waals surface area contributed by atoms with Crippen LogP contribution in [0.25, 0.3) is 5.65 Å². The quantitative estimate of drug-likeness (QED) is 0.439. The zero-order valence-corrected chi connectivity index (χ0v) is 19.9. The van der Waals surface area contributed by atoms with Crippen LogP contribution >= 0.6 is 0 Å². The minimum atomic E-state index is -1.06. The van der Waals surface area contributed by atoms with Crippen LogP contribution in [-0.2, 0) is 5.41 Å². The predicted molar refractivity (Wildman–Crippen MR) is 135 cm³/mol. The first-order valence-corrected chi connectivity index (χ1v) is 11.5. The van der Waals surface area contributed by atoms with E-state index >= 15 is 0 Å². The standard InChI is InChI=1S/C27H27N5O3/c1-17-12-21(18(2)29-24-20(26(34)35)10-7-11-28-24)25-30-22(13-23(33)32(25)14-17)31-15-27(3,16-31)19-8-5-4-6-9-19/h4-14,18H,15-16H2,1-3H3,(H,28,29)(H,34,35). The lowest BCUT2D eigenvalue weighted by molar-refractivity contribution is 0.0697. The number of carboxylic acid groups (broad SMARTS) is 1. The number of carbonyl (C=O) groups is 1. The van der Waals surface area contributed by atoms with Gasteiger partial charge in [0.15, 0.2) is 0 Å². The minimum Gasteiger partial charge on any atom is -0.478 e. The monoisotopic (exact) mass is 469 g/mol. The van der Waals surface area contributed by atoms with Crippen molar-refractivity contribution >= 4 is 23.3 Å². The van der Waals surface area contributed by atoms with Gasteiger partial charge in [0.1, 0.15) is 22.8 Å². The van der Waals surface area contributed by atoms with Gasteiger partial charge in [-0.05, 0) is 43.2 Å². The summed E-state index contributed by atoms with van der Waals surface area (Å²) in [4.78, 5) is 35.9. The fourth-order valence-electron chi connectivity index (χ4n) is 4.80. The molecule has 1 aliphatic rings. The lowest BCUT2D eigenvalue weighted by atomic mass is 9.75. The summed E-state index contributed by atoms with van der Waals surface area (Å²) >= 11 is 0. The maximum Gasteiger partial charge on any atom is 0.339 e. The number of pyridine rings is 2. The summed E-state index contributed by atoms with van der Waals surface area (Å²) in [6.07, 6.45) is 3.32. The second-order valence-electron chi connectivity index (χ2n) is 9.47. The van der Waals surface area contributed by atoms with Gasteiger partial charge in [0.05, 0.1) is 6.04 Å². The molecule has 0 amide bonds. The molecule has 2 N–H and O–H groups in total. The molecule has 0 aliphatic carbocycles. The fourth-order valence-corrected chi connectivity index (χ4v) is 4.80. The summed E-state index contributed by atoms with van der Waals surface area (Å²) in [5, 5.41) is 12.7. The Labute approximate surface area is 202 Å². The zero-order valence-electron chi connectivity index (χ0n) is 19.9. The fraction of sp³-hybridized carbons (Fsp3) is 0.259. The third-order valence-corrected chi connectivity index (χ3v) is 6.64. The van der Waals surface area contributed by atoms with Gasteiger partial charge in [-0.2, -0.15) is 0 Å². The summed E-state index contributed by atoms with van der Waals surface area (Å²) in [6.45, 7) is 7.58. The molecule has 8 heteroatoms. The number of nitrogens with zero attached hydrogens (tertiary/aromatic N) is 4. The van der Waals surface area contributed by atoms with Gasteiger partial charge < -0.3 is 15.3 Å². The number of hydrogen-bond acceptors (Lipinski definition) is 6. The van der Waals surface area contributed by atoms with Crippen LogP contribution in [-0.4, -0.2) is 38.5 Å². The van der Waals surface area contributed by atoms with Crippen molar-refractivity contribution in [1.82, 2.24) is 14.4 Å². The summed E-state index contributed by atoms with van der Waals surface area (Å²) in [5.41, 5.74) is 3.44. The van der Waals surface area contributed by atoms with Crippen LogP contribution in [0.5, 0.6) is 0 Å². The van der Waals surface area contributed by atoms with E-state index in [1.54, 1.807) is 28.9 Å². The van der Waals surface area contributed by atoms with Crippen LogP contribution < -0.4 is 15.8 Å². The molecule has 0 bridgehead atoms. The molecule has 1 fully saturated rings. The van der Waals surface area contributed by atoms with Gasteiger partial charge >= 0.3 is 5.97 Å². The molecule has 0 radical (unpaired) electrons. The number of anilines is 2. The summed E-state index contributed by atoms with van der Waals surface area (Å²) < 4.78 is 1.55. The van der Waals surface area contributed by atoms with Crippen LogP contribution in [0.1, 0.15) is 46.9 Å². The topological polar surface area (TPSA) is 99.8 Å². The Hall–Kier alpha value is -4.20. The van der Waals surface area contributed by atoms with Crippen molar-refractivity contribution in [3.05, 3.63) is 99.6 Å². The van der Waals surface area contributed by atoms with Gasteiger partial charge in [-0.15, -0.1) is 0 Å². The first-order chi connectivity index (χ1) is 16.7. The molecule has 178 valence electrons. The molecular formula is C27H27N5O3. The van der Waals surface area contributed by atoms with Crippen LogP contribution in [0.3, 0.4) is 0 Å². The van der Waals surface area contributed by atoms with E-state index < -0.39 is 5.97 Å². The molecule has 1 atom stereocenters. The van der Waals surface area contributed by atoms with Crippen molar-refractivity contribution in [2.75, 3.05) is 23.3 Å². The number of carboxylic acids is 1. The highest BCUT2D eigenvalue weighted by atomic mass is 16.4. The summed E-state index contributed by atoms with van der Waals surface area (Å²) in [7, 11) is 0. The van der Waals surface area contributed by atoms with Crippen LogP contribution in [0.2, 0.25) is 0 Å².